The lowest BCUT2D eigenvalue weighted by atomic mass is 9.93. The third kappa shape index (κ3) is 2.86. The number of aryl methyl sites for hydroxylation is 2. The normalized spacial score (nSPS) is 18.0. The summed E-state index contributed by atoms with van der Waals surface area (Å²) >= 11 is 6.36. The smallest absolute Gasteiger partial charge is 0.131 e. The number of ether oxygens (including phenoxy) is 1. The fourth-order valence-corrected chi connectivity index (χ4v) is 3.61. The van der Waals surface area contributed by atoms with Crippen molar-refractivity contribution in [2.24, 2.45) is 5.73 Å². The van der Waals surface area contributed by atoms with Gasteiger partial charge in [0.2, 0.25) is 0 Å². The standard InChI is InChI=1S/C19H22ClNO/c1-11-5-4-6-12(2)18(11)17-10-15(20)8-14-9-16(7-13(3)21)22-19(14)17/h4-6,8,10,13,16H,7,9,21H2,1-3H3. The summed E-state index contributed by atoms with van der Waals surface area (Å²) in [6.07, 6.45) is 1.89. The van der Waals surface area contributed by atoms with Crippen LogP contribution in [0, 0.1) is 13.8 Å². The van der Waals surface area contributed by atoms with Crippen LogP contribution < -0.4 is 10.5 Å². The highest BCUT2D eigenvalue weighted by Gasteiger charge is 2.28. The Morgan fingerprint density at radius 3 is 2.59 bits per heavy atom. The Bertz CT molecular complexity index is 689. The van der Waals surface area contributed by atoms with Crippen LogP contribution in [0.15, 0.2) is 30.3 Å². The minimum atomic E-state index is 0.137. The molecule has 116 valence electrons. The number of hydrogen-bond donors (Lipinski definition) is 1. The molecule has 0 fully saturated rings. The molecule has 2 unspecified atom stereocenters. The summed E-state index contributed by atoms with van der Waals surface area (Å²) in [5.41, 5.74) is 11.9. The summed E-state index contributed by atoms with van der Waals surface area (Å²) in [6.45, 7) is 6.28. The van der Waals surface area contributed by atoms with E-state index in [-0.39, 0.29) is 12.1 Å². The first-order valence-electron chi connectivity index (χ1n) is 7.77. The molecule has 0 amide bonds. The molecular formula is C19H22ClNO. The molecule has 0 saturated heterocycles. The summed E-state index contributed by atoms with van der Waals surface area (Å²) < 4.78 is 6.23. The molecule has 2 atom stereocenters. The van der Waals surface area contributed by atoms with Gasteiger partial charge in [-0.2, -0.15) is 0 Å². The zero-order chi connectivity index (χ0) is 15.9. The molecule has 22 heavy (non-hydrogen) atoms. The molecular weight excluding hydrogens is 294 g/mol. The second kappa shape index (κ2) is 5.94. The molecule has 1 aliphatic rings. The molecule has 0 spiro atoms. The maximum atomic E-state index is 6.36. The molecule has 3 rings (SSSR count). The van der Waals surface area contributed by atoms with Gasteiger partial charge in [-0.25, -0.2) is 0 Å². The fourth-order valence-electron chi connectivity index (χ4n) is 3.37. The molecule has 3 heteroatoms. The van der Waals surface area contributed by atoms with E-state index in [1.54, 1.807) is 0 Å². The number of nitrogens with two attached hydrogens (primary N) is 1. The van der Waals surface area contributed by atoms with Gasteiger partial charge >= 0.3 is 0 Å². The molecule has 1 heterocycles. The van der Waals surface area contributed by atoms with Crippen LogP contribution in [0.5, 0.6) is 5.75 Å². The summed E-state index contributed by atoms with van der Waals surface area (Å²) in [4.78, 5) is 0. The van der Waals surface area contributed by atoms with Crippen LogP contribution in [-0.4, -0.2) is 12.1 Å². The van der Waals surface area contributed by atoms with Crippen molar-refractivity contribution in [3.8, 4) is 16.9 Å². The molecule has 2 nitrogen and oxygen atoms in total. The lowest BCUT2D eigenvalue weighted by Gasteiger charge is -2.16. The van der Waals surface area contributed by atoms with Crippen LogP contribution in [0.25, 0.3) is 11.1 Å². The van der Waals surface area contributed by atoms with Gasteiger partial charge < -0.3 is 10.5 Å². The van der Waals surface area contributed by atoms with E-state index in [1.807, 2.05) is 19.1 Å². The highest BCUT2D eigenvalue weighted by atomic mass is 35.5. The first-order chi connectivity index (χ1) is 10.5. The third-order valence-electron chi connectivity index (χ3n) is 4.25. The van der Waals surface area contributed by atoms with Gasteiger partial charge in [0, 0.05) is 23.0 Å². The van der Waals surface area contributed by atoms with E-state index in [0.29, 0.717) is 0 Å². The monoisotopic (exact) mass is 315 g/mol. The van der Waals surface area contributed by atoms with Crippen LogP contribution in [-0.2, 0) is 6.42 Å². The first-order valence-corrected chi connectivity index (χ1v) is 8.14. The van der Waals surface area contributed by atoms with Gasteiger partial charge in [-0.1, -0.05) is 29.8 Å². The Kier molecular flexibility index (Phi) is 4.16. The highest BCUT2D eigenvalue weighted by Crippen LogP contribution is 2.43. The van der Waals surface area contributed by atoms with Crippen LogP contribution in [0.1, 0.15) is 30.0 Å². The summed E-state index contributed by atoms with van der Waals surface area (Å²) in [5.74, 6) is 0.979. The van der Waals surface area contributed by atoms with Gasteiger partial charge in [0.1, 0.15) is 11.9 Å². The summed E-state index contributed by atoms with van der Waals surface area (Å²) in [7, 11) is 0. The predicted octanol–water partition coefficient (Wildman–Crippen LogP) is 4.66. The predicted molar refractivity (Wildman–Crippen MR) is 92.7 cm³/mol. The van der Waals surface area contributed by atoms with Gasteiger partial charge in [0.25, 0.3) is 0 Å². The average Bonchev–Trinajstić information content (AvgIpc) is 2.79. The SMILES string of the molecule is Cc1cccc(C)c1-c1cc(Cl)cc2c1OC(CC(C)N)C2. The highest BCUT2D eigenvalue weighted by molar-refractivity contribution is 6.31. The minimum absolute atomic E-state index is 0.137. The Labute approximate surface area is 137 Å². The molecule has 2 aromatic carbocycles. The van der Waals surface area contributed by atoms with Crippen molar-refractivity contribution in [3.05, 3.63) is 52.0 Å². The van der Waals surface area contributed by atoms with Crippen LogP contribution in [0.2, 0.25) is 5.02 Å². The Balaban J connectivity index is 2.09. The van der Waals surface area contributed by atoms with Gasteiger partial charge in [-0.15, -0.1) is 0 Å². The summed E-state index contributed by atoms with van der Waals surface area (Å²) in [5, 5.41) is 0.765. The Morgan fingerprint density at radius 1 is 1.27 bits per heavy atom. The number of halogens is 1. The van der Waals surface area contributed by atoms with E-state index in [9.17, 15) is 0 Å². The maximum Gasteiger partial charge on any atom is 0.131 e. The van der Waals surface area contributed by atoms with Crippen LogP contribution in [0.3, 0.4) is 0 Å². The van der Waals surface area contributed by atoms with E-state index in [0.717, 1.165) is 29.2 Å². The molecule has 2 N–H and O–H groups in total. The molecule has 1 aliphatic heterocycles. The van der Waals surface area contributed by atoms with E-state index in [2.05, 4.69) is 32.0 Å². The molecule has 0 saturated carbocycles. The average molecular weight is 316 g/mol. The molecule has 0 aromatic heterocycles. The van der Waals surface area contributed by atoms with Crippen LogP contribution >= 0.6 is 11.6 Å². The quantitative estimate of drug-likeness (QED) is 0.893. The maximum absolute atomic E-state index is 6.36. The minimum Gasteiger partial charge on any atom is -0.489 e. The molecule has 0 radical (unpaired) electrons. The second-order valence-electron chi connectivity index (χ2n) is 6.37. The van der Waals surface area contributed by atoms with Gasteiger partial charge in [-0.3, -0.25) is 0 Å². The molecule has 2 aromatic rings. The first kappa shape index (κ1) is 15.4. The van der Waals surface area contributed by atoms with Crippen molar-refractivity contribution < 1.29 is 4.74 Å². The number of hydrogen-bond acceptors (Lipinski definition) is 2. The van der Waals surface area contributed by atoms with E-state index >= 15 is 0 Å². The van der Waals surface area contributed by atoms with Crippen molar-refractivity contribution in [1.82, 2.24) is 0 Å². The largest absolute Gasteiger partial charge is 0.489 e. The van der Waals surface area contributed by atoms with Crippen molar-refractivity contribution in [3.63, 3.8) is 0 Å². The third-order valence-corrected chi connectivity index (χ3v) is 4.47. The van der Waals surface area contributed by atoms with Crippen molar-refractivity contribution in [2.45, 2.75) is 45.8 Å². The number of fused-ring (bicyclic) bond motifs is 1. The van der Waals surface area contributed by atoms with E-state index in [4.69, 9.17) is 22.1 Å². The van der Waals surface area contributed by atoms with Crippen LogP contribution in [0.4, 0.5) is 0 Å². The number of benzene rings is 2. The Hall–Kier alpha value is -1.51. The van der Waals surface area contributed by atoms with E-state index < -0.39 is 0 Å². The zero-order valence-corrected chi connectivity index (χ0v) is 14.1. The molecule has 0 aliphatic carbocycles. The lowest BCUT2D eigenvalue weighted by Crippen LogP contribution is -2.25. The Morgan fingerprint density at radius 2 is 1.95 bits per heavy atom. The van der Waals surface area contributed by atoms with Gasteiger partial charge in [-0.05, 0) is 61.6 Å². The zero-order valence-electron chi connectivity index (χ0n) is 13.3. The molecule has 0 bridgehead atoms. The number of rotatable bonds is 3. The topological polar surface area (TPSA) is 35.2 Å². The van der Waals surface area contributed by atoms with Crippen molar-refractivity contribution in [1.29, 1.82) is 0 Å². The second-order valence-corrected chi connectivity index (χ2v) is 6.80. The summed E-state index contributed by atoms with van der Waals surface area (Å²) in [6, 6.07) is 10.5. The fraction of sp³-hybridized carbons (Fsp3) is 0.368. The van der Waals surface area contributed by atoms with Gasteiger partial charge in [0.05, 0.1) is 0 Å². The van der Waals surface area contributed by atoms with Crippen molar-refractivity contribution >= 4 is 11.6 Å². The van der Waals surface area contributed by atoms with Crippen molar-refractivity contribution in [2.75, 3.05) is 0 Å². The van der Waals surface area contributed by atoms with E-state index in [1.165, 1.54) is 22.3 Å². The lowest BCUT2D eigenvalue weighted by molar-refractivity contribution is 0.213. The van der Waals surface area contributed by atoms with Gasteiger partial charge in [0.15, 0.2) is 0 Å².